The smallest absolute Gasteiger partial charge is 0.256 e. The standard InChI is InChI=1S/C31H32N8O4/c1-41-29-5-3-22(16-34-29)31(40)39-24-12-25(39)19-37(18-24)28-4-2-21(15-33-28)27-13-26(20-38-30(27)23(14-32)17-35-38)43-11-8-36-6-9-42-10-7-36/h2-5,13,15-17,20,24-25H,6-12,18-19H2,1H3. The number of pyridine rings is 3. The maximum atomic E-state index is 13.2. The Morgan fingerprint density at radius 3 is 2.63 bits per heavy atom. The van der Waals surface area contributed by atoms with Crippen molar-refractivity contribution in [3.63, 3.8) is 0 Å². The Morgan fingerprint density at radius 1 is 1.09 bits per heavy atom. The highest BCUT2D eigenvalue weighted by atomic mass is 16.5. The van der Waals surface area contributed by atoms with Crippen molar-refractivity contribution in [3.05, 3.63) is 66.2 Å². The Hall–Kier alpha value is -4.73. The summed E-state index contributed by atoms with van der Waals surface area (Å²) in [5.74, 6) is 2.03. The Kier molecular flexibility index (Phi) is 7.26. The fourth-order valence-electron chi connectivity index (χ4n) is 6.23. The summed E-state index contributed by atoms with van der Waals surface area (Å²) in [4.78, 5) is 28.7. The van der Waals surface area contributed by atoms with Gasteiger partial charge in [0.1, 0.15) is 24.2 Å². The van der Waals surface area contributed by atoms with E-state index < -0.39 is 0 Å². The summed E-state index contributed by atoms with van der Waals surface area (Å²) in [5.41, 5.74) is 3.49. The molecule has 43 heavy (non-hydrogen) atoms. The monoisotopic (exact) mass is 580 g/mol. The lowest BCUT2D eigenvalue weighted by molar-refractivity contribution is 0.00572. The first-order valence-electron chi connectivity index (χ1n) is 14.5. The Morgan fingerprint density at radius 2 is 1.93 bits per heavy atom. The van der Waals surface area contributed by atoms with E-state index in [4.69, 9.17) is 19.2 Å². The number of nitrogens with zero attached hydrogens (tertiary/aromatic N) is 8. The average Bonchev–Trinajstić information content (AvgIpc) is 3.48. The zero-order valence-corrected chi connectivity index (χ0v) is 23.9. The lowest BCUT2D eigenvalue weighted by Gasteiger charge is -2.56. The molecule has 0 N–H and O–H groups in total. The molecule has 4 saturated heterocycles. The van der Waals surface area contributed by atoms with E-state index in [0.717, 1.165) is 74.8 Å². The minimum Gasteiger partial charge on any atom is -0.491 e. The summed E-state index contributed by atoms with van der Waals surface area (Å²) in [5, 5.41) is 14.1. The molecule has 8 heterocycles. The Labute approximate surface area is 249 Å². The zero-order chi connectivity index (χ0) is 29.3. The number of piperidine rings is 1. The third-order valence-corrected chi connectivity index (χ3v) is 8.49. The van der Waals surface area contributed by atoms with Crippen LogP contribution < -0.4 is 14.4 Å². The quantitative estimate of drug-likeness (QED) is 0.307. The summed E-state index contributed by atoms with van der Waals surface area (Å²) in [6, 6.07) is 12.0. The molecule has 4 aromatic heterocycles. The Balaban J connectivity index is 1.06. The van der Waals surface area contributed by atoms with Gasteiger partial charge in [0.15, 0.2) is 0 Å². The molecule has 220 valence electrons. The molecule has 4 fully saturated rings. The van der Waals surface area contributed by atoms with Crippen molar-refractivity contribution in [2.24, 2.45) is 0 Å². The van der Waals surface area contributed by atoms with E-state index in [1.54, 1.807) is 36.2 Å². The molecule has 0 aliphatic carbocycles. The number of piperazine rings is 1. The molecular weight excluding hydrogens is 548 g/mol. The van der Waals surface area contributed by atoms with Crippen LogP contribution in [0.15, 0.2) is 55.1 Å². The van der Waals surface area contributed by atoms with Crippen LogP contribution in [0.25, 0.3) is 16.6 Å². The topological polar surface area (TPSA) is 121 Å². The third-order valence-electron chi connectivity index (χ3n) is 8.49. The van der Waals surface area contributed by atoms with Gasteiger partial charge in [0, 0.05) is 62.3 Å². The molecule has 0 saturated carbocycles. The van der Waals surface area contributed by atoms with Crippen LogP contribution in [0.5, 0.6) is 11.6 Å². The van der Waals surface area contributed by atoms with Crippen LogP contribution in [-0.4, -0.2) is 107 Å². The van der Waals surface area contributed by atoms with Crippen LogP contribution in [0, 0.1) is 11.3 Å². The first-order chi connectivity index (χ1) is 21.1. The van der Waals surface area contributed by atoms with Crippen molar-refractivity contribution in [2.75, 3.05) is 64.6 Å². The fourth-order valence-corrected chi connectivity index (χ4v) is 6.23. The molecule has 4 aliphatic heterocycles. The number of carbonyl (C=O) groups is 1. The second kappa shape index (κ2) is 11.5. The highest BCUT2D eigenvalue weighted by Gasteiger charge is 2.47. The SMILES string of the molecule is COc1ccc(C(=O)N2C3CC2CN(c2ccc(-c4cc(OCCN5CCOCC5)cn5ncc(C#N)c45)cn2)C3)cn1. The highest BCUT2D eigenvalue weighted by molar-refractivity contribution is 5.95. The van der Waals surface area contributed by atoms with Gasteiger partial charge in [-0.05, 0) is 30.7 Å². The van der Waals surface area contributed by atoms with Crippen LogP contribution in [0.1, 0.15) is 22.3 Å². The van der Waals surface area contributed by atoms with E-state index >= 15 is 0 Å². The van der Waals surface area contributed by atoms with Gasteiger partial charge in [0.25, 0.3) is 5.91 Å². The third kappa shape index (κ3) is 5.22. The number of hydrogen-bond donors (Lipinski definition) is 0. The molecule has 0 aromatic carbocycles. The van der Waals surface area contributed by atoms with Crippen LogP contribution in [0.3, 0.4) is 0 Å². The fraction of sp³-hybridized carbons (Fsp3) is 0.387. The number of fused-ring (bicyclic) bond motifs is 3. The molecule has 2 atom stereocenters. The van der Waals surface area contributed by atoms with Gasteiger partial charge in [-0.15, -0.1) is 0 Å². The minimum atomic E-state index is 0.00419. The maximum Gasteiger partial charge on any atom is 0.256 e. The number of rotatable bonds is 8. The van der Waals surface area contributed by atoms with Gasteiger partial charge in [0.2, 0.25) is 5.88 Å². The highest BCUT2D eigenvalue weighted by Crippen LogP contribution is 2.36. The van der Waals surface area contributed by atoms with Gasteiger partial charge in [-0.2, -0.15) is 10.4 Å². The molecule has 1 amide bonds. The molecule has 0 spiro atoms. The van der Waals surface area contributed by atoms with Crippen molar-refractivity contribution in [1.82, 2.24) is 29.4 Å². The summed E-state index contributed by atoms with van der Waals surface area (Å²) < 4.78 is 18.4. The normalized spacial score (nSPS) is 20.0. The first-order valence-corrected chi connectivity index (χ1v) is 14.5. The number of morpholine rings is 1. The van der Waals surface area contributed by atoms with Crippen molar-refractivity contribution in [2.45, 2.75) is 18.5 Å². The number of amides is 1. The van der Waals surface area contributed by atoms with Crippen molar-refractivity contribution in [3.8, 4) is 28.8 Å². The van der Waals surface area contributed by atoms with Gasteiger partial charge in [-0.1, -0.05) is 0 Å². The van der Waals surface area contributed by atoms with Gasteiger partial charge in [-0.3, -0.25) is 9.69 Å². The van der Waals surface area contributed by atoms with Gasteiger partial charge in [0.05, 0.1) is 61.4 Å². The van der Waals surface area contributed by atoms with E-state index in [1.165, 1.54) is 0 Å². The van der Waals surface area contributed by atoms with Crippen molar-refractivity contribution in [1.29, 1.82) is 5.26 Å². The lowest BCUT2D eigenvalue weighted by atomic mass is 9.86. The van der Waals surface area contributed by atoms with E-state index in [-0.39, 0.29) is 18.0 Å². The predicted molar refractivity (Wildman–Crippen MR) is 157 cm³/mol. The van der Waals surface area contributed by atoms with Crippen molar-refractivity contribution >= 4 is 17.2 Å². The van der Waals surface area contributed by atoms with E-state index in [1.807, 2.05) is 35.5 Å². The first kappa shape index (κ1) is 27.1. The number of carbonyl (C=O) groups excluding carboxylic acids is 1. The van der Waals surface area contributed by atoms with Gasteiger partial charge < -0.3 is 24.0 Å². The summed E-state index contributed by atoms with van der Waals surface area (Å²) in [7, 11) is 1.56. The summed E-state index contributed by atoms with van der Waals surface area (Å²) in [6.45, 7) is 6.10. The number of anilines is 1. The predicted octanol–water partition coefficient (Wildman–Crippen LogP) is 2.49. The van der Waals surface area contributed by atoms with Crippen LogP contribution in [0.2, 0.25) is 0 Å². The molecule has 12 nitrogen and oxygen atoms in total. The van der Waals surface area contributed by atoms with Crippen LogP contribution in [0.4, 0.5) is 5.82 Å². The lowest BCUT2D eigenvalue weighted by Crippen LogP contribution is -2.70. The Bertz CT molecular complexity index is 1650. The number of ether oxygens (including phenoxy) is 3. The number of methoxy groups -OCH3 is 1. The molecule has 0 radical (unpaired) electrons. The average molecular weight is 581 g/mol. The molecular formula is C31H32N8O4. The van der Waals surface area contributed by atoms with E-state index in [9.17, 15) is 10.1 Å². The second-order valence-electron chi connectivity index (χ2n) is 11.0. The number of aromatic nitrogens is 4. The molecule has 2 bridgehead atoms. The van der Waals surface area contributed by atoms with Gasteiger partial charge >= 0.3 is 0 Å². The summed E-state index contributed by atoms with van der Waals surface area (Å²) in [6.07, 6.45) is 7.79. The largest absolute Gasteiger partial charge is 0.491 e. The molecule has 12 heteroatoms. The van der Waals surface area contributed by atoms with Gasteiger partial charge in [-0.25, -0.2) is 14.5 Å². The molecule has 4 aromatic rings. The minimum absolute atomic E-state index is 0.00419. The number of nitriles is 1. The molecule has 2 unspecified atom stereocenters. The van der Waals surface area contributed by atoms with Crippen molar-refractivity contribution < 1.29 is 19.0 Å². The van der Waals surface area contributed by atoms with E-state index in [0.29, 0.717) is 29.4 Å². The molecule has 4 aliphatic rings. The summed E-state index contributed by atoms with van der Waals surface area (Å²) >= 11 is 0. The van der Waals surface area contributed by atoms with Crippen LogP contribution in [-0.2, 0) is 4.74 Å². The second-order valence-corrected chi connectivity index (χ2v) is 11.0. The number of hydrogen-bond acceptors (Lipinski definition) is 10. The van der Waals surface area contributed by atoms with E-state index in [2.05, 4.69) is 26.0 Å². The van der Waals surface area contributed by atoms with Crippen LogP contribution >= 0.6 is 0 Å². The maximum absolute atomic E-state index is 13.2. The molecule has 8 rings (SSSR count). The zero-order valence-electron chi connectivity index (χ0n) is 23.9.